The van der Waals surface area contributed by atoms with Crippen LogP contribution in [0.3, 0.4) is 0 Å². The molecular formula is C30H48N2O4. The fraction of sp³-hybridized carbons (Fsp3) is 0.633. The third kappa shape index (κ3) is 11.0. The third-order valence-corrected chi connectivity index (χ3v) is 6.96. The number of rotatable bonds is 3. The Kier molecular flexibility index (Phi) is 13.4. The Balaban J connectivity index is 2.18. The zero-order valence-electron chi connectivity index (χ0n) is 23.1. The van der Waals surface area contributed by atoms with E-state index in [1.54, 1.807) is 12.2 Å². The number of likely N-dealkylation sites (N-methyl/N-ethyl adjacent to an activating group) is 1. The summed E-state index contributed by atoms with van der Waals surface area (Å²) in [7, 11) is 1.84. The van der Waals surface area contributed by atoms with Gasteiger partial charge in [0.15, 0.2) is 6.29 Å². The number of amides is 1. The van der Waals surface area contributed by atoms with Crippen molar-refractivity contribution in [3.63, 3.8) is 0 Å². The topological polar surface area (TPSA) is 79.8 Å². The van der Waals surface area contributed by atoms with Gasteiger partial charge in [0.1, 0.15) is 0 Å². The Labute approximate surface area is 218 Å². The van der Waals surface area contributed by atoms with Crippen LogP contribution >= 0.6 is 0 Å². The van der Waals surface area contributed by atoms with E-state index in [0.29, 0.717) is 18.9 Å². The number of hydrogen-bond acceptors (Lipinski definition) is 5. The minimum Gasteiger partial charge on any atom is -0.391 e. The molecule has 0 aromatic carbocycles. The Bertz CT molecular complexity index is 817. The summed E-state index contributed by atoms with van der Waals surface area (Å²) in [5, 5.41) is 16.7. The Morgan fingerprint density at radius 3 is 2.64 bits per heavy atom. The molecule has 2 aliphatic rings. The first-order valence-electron chi connectivity index (χ1n) is 13.5. The van der Waals surface area contributed by atoms with Crippen molar-refractivity contribution in [1.29, 1.82) is 0 Å². The summed E-state index contributed by atoms with van der Waals surface area (Å²) in [6, 6.07) is -0.105. The fourth-order valence-electron chi connectivity index (χ4n) is 4.68. The molecule has 2 heterocycles. The van der Waals surface area contributed by atoms with Crippen LogP contribution in [0, 0.1) is 11.8 Å². The van der Waals surface area contributed by atoms with Crippen molar-refractivity contribution in [2.24, 2.45) is 11.8 Å². The molecule has 6 nitrogen and oxygen atoms in total. The summed E-state index contributed by atoms with van der Waals surface area (Å²) in [4.78, 5) is 12.2. The molecular weight excluding hydrogens is 452 g/mol. The number of allylic oxidation sites excluding steroid dienone is 7. The molecule has 0 spiro atoms. The molecule has 0 aromatic rings. The summed E-state index contributed by atoms with van der Waals surface area (Å²) < 4.78 is 12.5. The third-order valence-electron chi connectivity index (χ3n) is 6.96. The molecule has 36 heavy (non-hydrogen) atoms. The Morgan fingerprint density at radius 1 is 1.14 bits per heavy atom. The molecule has 0 saturated carbocycles. The number of carbonyl (C=O) groups is 1. The van der Waals surface area contributed by atoms with E-state index in [-0.39, 0.29) is 30.1 Å². The molecule has 1 fully saturated rings. The van der Waals surface area contributed by atoms with Crippen LogP contribution in [0.15, 0.2) is 59.8 Å². The molecule has 0 aromatic heterocycles. The molecule has 2 aliphatic heterocycles. The van der Waals surface area contributed by atoms with E-state index in [1.165, 1.54) is 11.1 Å². The summed E-state index contributed by atoms with van der Waals surface area (Å²) in [6.45, 7) is 11.2. The second-order valence-corrected chi connectivity index (χ2v) is 10.5. The van der Waals surface area contributed by atoms with Crippen molar-refractivity contribution in [1.82, 2.24) is 10.6 Å². The highest BCUT2D eigenvalue weighted by atomic mass is 16.7. The number of aliphatic hydroxyl groups is 1. The summed E-state index contributed by atoms with van der Waals surface area (Å²) in [6.07, 6.45) is 19.0. The van der Waals surface area contributed by atoms with Crippen molar-refractivity contribution in [2.75, 3.05) is 13.6 Å². The van der Waals surface area contributed by atoms with Crippen molar-refractivity contribution < 1.29 is 19.4 Å². The van der Waals surface area contributed by atoms with Crippen LogP contribution in [0.4, 0.5) is 0 Å². The highest BCUT2D eigenvalue weighted by molar-refractivity contribution is 5.87. The van der Waals surface area contributed by atoms with Crippen LogP contribution in [0.25, 0.3) is 0 Å². The van der Waals surface area contributed by atoms with Gasteiger partial charge in [-0.3, -0.25) is 4.79 Å². The number of aliphatic hydroxyl groups excluding tert-OH is 1. The normalized spacial score (nSPS) is 39.5. The van der Waals surface area contributed by atoms with Crippen molar-refractivity contribution in [2.45, 2.75) is 97.4 Å². The summed E-state index contributed by atoms with van der Waals surface area (Å²) >= 11 is 0. The molecule has 0 radical (unpaired) electrons. The fourth-order valence-corrected chi connectivity index (χ4v) is 4.68. The van der Waals surface area contributed by atoms with E-state index in [2.05, 4.69) is 68.7 Å². The molecule has 6 heteroatoms. The van der Waals surface area contributed by atoms with Gasteiger partial charge >= 0.3 is 0 Å². The van der Waals surface area contributed by atoms with E-state index < -0.39 is 12.4 Å². The molecule has 0 aliphatic carbocycles. The van der Waals surface area contributed by atoms with Gasteiger partial charge in [0, 0.05) is 25.0 Å². The maximum atomic E-state index is 12.2. The standard InChI is InChI=1S/C30H48N2O4/c1-21-12-8-7-9-13-23(3)20-32-28(34)15-11-10-14-24(4)27(17-16-22(2)18-21)36-29-19-26(33)30(31-6)25(5)35-29/h7-8,10-12,14-16,23-27,29-31,33H,9,13,17-20H2,1-6H3,(H,32,34)/b8-7-,14-10-,15-11-,21-12-,22-16-/t23-,24-,25+,26-,27-,29-,30+/m0/s1. The van der Waals surface area contributed by atoms with Crippen LogP contribution in [0.5, 0.6) is 0 Å². The largest absolute Gasteiger partial charge is 0.391 e. The van der Waals surface area contributed by atoms with E-state index in [1.807, 2.05) is 20.0 Å². The molecule has 0 unspecified atom stereocenters. The maximum absolute atomic E-state index is 12.2. The second-order valence-electron chi connectivity index (χ2n) is 10.5. The number of hydrogen-bond donors (Lipinski definition) is 3. The quantitative estimate of drug-likeness (QED) is 0.477. The van der Waals surface area contributed by atoms with Crippen molar-refractivity contribution in [3.05, 3.63) is 59.8 Å². The van der Waals surface area contributed by atoms with Gasteiger partial charge in [0.05, 0.1) is 24.4 Å². The smallest absolute Gasteiger partial charge is 0.243 e. The summed E-state index contributed by atoms with van der Waals surface area (Å²) in [5.41, 5.74) is 2.62. The van der Waals surface area contributed by atoms with Crippen LogP contribution in [0.2, 0.25) is 0 Å². The second kappa shape index (κ2) is 16.0. The first-order chi connectivity index (χ1) is 17.2. The first kappa shape index (κ1) is 30.2. The first-order valence-corrected chi connectivity index (χ1v) is 13.5. The van der Waals surface area contributed by atoms with Gasteiger partial charge in [-0.05, 0) is 59.4 Å². The molecule has 1 amide bonds. The average molecular weight is 501 g/mol. The van der Waals surface area contributed by atoms with Crippen molar-refractivity contribution in [3.8, 4) is 0 Å². The van der Waals surface area contributed by atoms with Crippen LogP contribution in [-0.2, 0) is 14.3 Å². The highest BCUT2D eigenvalue weighted by Crippen LogP contribution is 2.26. The molecule has 3 N–H and O–H groups in total. The van der Waals surface area contributed by atoms with Gasteiger partial charge < -0.3 is 25.2 Å². The van der Waals surface area contributed by atoms with Gasteiger partial charge in [-0.2, -0.15) is 0 Å². The lowest BCUT2D eigenvalue weighted by atomic mass is 9.97. The van der Waals surface area contributed by atoms with E-state index in [9.17, 15) is 9.90 Å². The van der Waals surface area contributed by atoms with Crippen molar-refractivity contribution >= 4 is 5.91 Å². The zero-order chi connectivity index (χ0) is 26.5. The number of ether oxygens (including phenoxy) is 2. The monoisotopic (exact) mass is 500 g/mol. The van der Waals surface area contributed by atoms with Gasteiger partial charge in [-0.1, -0.05) is 67.5 Å². The van der Waals surface area contributed by atoms with Gasteiger partial charge in [0.25, 0.3) is 0 Å². The molecule has 2 rings (SSSR count). The van der Waals surface area contributed by atoms with Gasteiger partial charge in [0.2, 0.25) is 5.91 Å². The van der Waals surface area contributed by atoms with E-state index in [0.717, 1.165) is 25.7 Å². The Morgan fingerprint density at radius 2 is 1.92 bits per heavy atom. The zero-order valence-corrected chi connectivity index (χ0v) is 23.1. The van der Waals surface area contributed by atoms with Crippen LogP contribution in [-0.4, -0.2) is 55.2 Å². The highest BCUT2D eigenvalue weighted by Gasteiger charge is 2.36. The lowest BCUT2D eigenvalue weighted by Crippen LogP contribution is -2.54. The van der Waals surface area contributed by atoms with Crippen LogP contribution < -0.4 is 10.6 Å². The lowest BCUT2D eigenvalue weighted by Gasteiger charge is -2.39. The molecule has 1 saturated heterocycles. The average Bonchev–Trinajstić information content (AvgIpc) is 2.82. The SMILES string of the molecule is CN[C@H]1[C@@H](O)C[C@H](O[C@H]2C/C=C(/C)C/C(C)=C\C=C/CC[C@H](C)CNC(=O)/C=C\C=C/[C@@H]2C)O[C@@H]1C. The van der Waals surface area contributed by atoms with E-state index >= 15 is 0 Å². The predicted molar refractivity (Wildman–Crippen MR) is 147 cm³/mol. The Hall–Kier alpha value is -1.99. The minimum atomic E-state index is -0.524. The molecule has 202 valence electrons. The van der Waals surface area contributed by atoms with Gasteiger partial charge in [-0.25, -0.2) is 0 Å². The lowest BCUT2D eigenvalue weighted by molar-refractivity contribution is -0.241. The number of nitrogens with one attached hydrogen (secondary N) is 2. The number of carbonyl (C=O) groups excluding carboxylic acids is 1. The van der Waals surface area contributed by atoms with E-state index in [4.69, 9.17) is 9.47 Å². The summed E-state index contributed by atoms with van der Waals surface area (Å²) in [5.74, 6) is 0.435. The molecule has 0 bridgehead atoms. The van der Waals surface area contributed by atoms with Crippen LogP contribution in [0.1, 0.15) is 66.7 Å². The predicted octanol–water partition coefficient (Wildman–Crippen LogP) is 4.98. The minimum absolute atomic E-state index is 0.0771. The van der Waals surface area contributed by atoms with Gasteiger partial charge in [-0.15, -0.1) is 0 Å². The molecule has 7 atom stereocenters. The maximum Gasteiger partial charge on any atom is 0.243 e.